The van der Waals surface area contributed by atoms with Crippen LogP contribution in [0.15, 0.2) is 59.2 Å². The molecule has 0 aromatic heterocycles. The van der Waals surface area contributed by atoms with Crippen LogP contribution in [0.2, 0.25) is 0 Å². The fourth-order valence-corrected chi connectivity index (χ4v) is 5.91. The van der Waals surface area contributed by atoms with E-state index in [-0.39, 0.29) is 41.0 Å². The van der Waals surface area contributed by atoms with Crippen LogP contribution in [0.25, 0.3) is 0 Å². The first-order chi connectivity index (χ1) is 11.5. The average molecular weight is 344 g/mol. The smallest absolute Gasteiger partial charge is 0.201 e. The highest BCUT2D eigenvalue weighted by Gasteiger charge is 2.59. The predicted octanol–water partition coefficient (Wildman–Crippen LogP) is 2.08. The molecule has 1 saturated carbocycles. The van der Waals surface area contributed by atoms with Crippen molar-refractivity contribution in [1.29, 1.82) is 0 Å². The SMILES string of the molecule is COC1=C[C@@](O)(C[S@@](=O)c2ccccc2)[C@H]2[C@@H](C1=O)[C@H]1C=C[C@@H]2C1. The molecule has 0 unspecified atom stereocenters. The molecule has 1 N–H and O–H groups in total. The monoisotopic (exact) mass is 344 g/mol. The minimum absolute atomic E-state index is 0.0329. The number of carbonyl (C=O) groups is 1. The van der Waals surface area contributed by atoms with Crippen LogP contribution in [0.1, 0.15) is 6.42 Å². The Kier molecular flexibility index (Phi) is 3.73. The Morgan fingerprint density at radius 3 is 2.67 bits per heavy atom. The maximum absolute atomic E-state index is 12.8. The number of carbonyl (C=O) groups excluding carboxylic acids is 1. The molecule has 5 heteroatoms. The lowest BCUT2D eigenvalue weighted by Gasteiger charge is -2.42. The van der Waals surface area contributed by atoms with Crippen LogP contribution < -0.4 is 0 Å². The van der Waals surface area contributed by atoms with Gasteiger partial charge in [0.2, 0.25) is 5.78 Å². The van der Waals surface area contributed by atoms with Gasteiger partial charge in [0.1, 0.15) is 5.60 Å². The molecule has 4 rings (SSSR count). The Bertz CT molecular complexity index is 754. The summed E-state index contributed by atoms with van der Waals surface area (Å²) in [6.07, 6.45) is 6.57. The van der Waals surface area contributed by atoms with Gasteiger partial charge in [-0.05, 0) is 36.5 Å². The second-order valence-electron chi connectivity index (χ2n) is 6.87. The summed E-state index contributed by atoms with van der Waals surface area (Å²) in [5.41, 5.74) is -1.30. The van der Waals surface area contributed by atoms with Crippen LogP contribution in [-0.2, 0) is 20.3 Å². The van der Waals surface area contributed by atoms with Crippen LogP contribution in [0.5, 0.6) is 0 Å². The van der Waals surface area contributed by atoms with Crippen LogP contribution in [0.4, 0.5) is 0 Å². The van der Waals surface area contributed by atoms with Crippen molar-refractivity contribution in [1.82, 2.24) is 0 Å². The zero-order valence-electron chi connectivity index (χ0n) is 13.4. The Hall–Kier alpha value is -1.72. The molecule has 3 aliphatic rings. The van der Waals surface area contributed by atoms with Gasteiger partial charge in [0.15, 0.2) is 5.76 Å². The van der Waals surface area contributed by atoms with E-state index in [1.807, 2.05) is 18.2 Å². The van der Waals surface area contributed by atoms with Gasteiger partial charge in [0.25, 0.3) is 0 Å². The van der Waals surface area contributed by atoms with E-state index in [1.54, 1.807) is 12.1 Å². The Balaban J connectivity index is 1.71. The van der Waals surface area contributed by atoms with Gasteiger partial charge < -0.3 is 9.84 Å². The average Bonchev–Trinajstić information content (AvgIpc) is 3.21. The fraction of sp³-hybridized carbons (Fsp3) is 0.421. The number of benzene rings is 1. The van der Waals surface area contributed by atoms with Crippen molar-refractivity contribution < 1.29 is 18.8 Å². The van der Waals surface area contributed by atoms with E-state index < -0.39 is 16.4 Å². The summed E-state index contributed by atoms with van der Waals surface area (Å²) in [4.78, 5) is 13.3. The molecule has 0 radical (unpaired) electrons. The topological polar surface area (TPSA) is 63.6 Å². The number of Topliss-reactive ketones (excluding diaryl/α,β-unsaturated/α-hetero) is 1. The van der Waals surface area contributed by atoms with E-state index in [2.05, 4.69) is 12.2 Å². The van der Waals surface area contributed by atoms with E-state index in [0.29, 0.717) is 4.90 Å². The molecule has 1 fully saturated rings. The molecule has 3 aliphatic carbocycles. The number of hydrogen-bond acceptors (Lipinski definition) is 4. The molecule has 0 aliphatic heterocycles. The highest BCUT2D eigenvalue weighted by atomic mass is 32.2. The van der Waals surface area contributed by atoms with Gasteiger partial charge in [0.05, 0.1) is 23.7 Å². The molecular formula is C19H20O4S. The van der Waals surface area contributed by atoms with E-state index in [0.717, 1.165) is 6.42 Å². The third kappa shape index (κ3) is 2.30. The largest absolute Gasteiger partial charge is 0.493 e. The van der Waals surface area contributed by atoms with Crippen LogP contribution >= 0.6 is 0 Å². The standard InChI is InChI=1S/C19H20O4S/c1-23-15-10-19(21,11-24(22)14-5-3-2-4-6-14)17-13-8-7-12(9-13)16(17)18(15)20/h2-8,10,12-13,16-17,21H,9,11H2,1H3/t12-,13+,16-,17+,19+,24+/m0/s1. The lowest BCUT2D eigenvalue weighted by molar-refractivity contribution is -0.130. The second kappa shape index (κ2) is 5.67. The van der Waals surface area contributed by atoms with Crippen molar-refractivity contribution in [3.63, 3.8) is 0 Å². The molecule has 0 amide bonds. The molecule has 24 heavy (non-hydrogen) atoms. The lowest BCUT2D eigenvalue weighted by atomic mass is 9.67. The lowest BCUT2D eigenvalue weighted by Crippen LogP contribution is -2.52. The van der Waals surface area contributed by atoms with Gasteiger partial charge in [-0.15, -0.1) is 0 Å². The number of ketones is 1. The first-order valence-electron chi connectivity index (χ1n) is 8.19. The van der Waals surface area contributed by atoms with Crippen LogP contribution in [-0.4, -0.2) is 33.6 Å². The highest BCUT2D eigenvalue weighted by Crippen LogP contribution is 2.55. The number of rotatable bonds is 4. The van der Waals surface area contributed by atoms with Crippen molar-refractivity contribution >= 4 is 16.6 Å². The molecular weight excluding hydrogens is 324 g/mol. The molecule has 0 spiro atoms. The maximum Gasteiger partial charge on any atom is 0.201 e. The first-order valence-corrected chi connectivity index (χ1v) is 9.50. The van der Waals surface area contributed by atoms with Gasteiger partial charge >= 0.3 is 0 Å². The fourth-order valence-electron chi connectivity index (χ4n) is 4.58. The third-order valence-electron chi connectivity index (χ3n) is 5.55. The molecule has 1 aromatic carbocycles. The normalized spacial score (nSPS) is 37.9. The summed E-state index contributed by atoms with van der Waals surface area (Å²) in [6.45, 7) is 0. The Labute approximate surface area is 143 Å². The summed E-state index contributed by atoms with van der Waals surface area (Å²) in [5, 5.41) is 11.4. The summed E-state index contributed by atoms with van der Waals surface area (Å²) < 4.78 is 18.0. The molecule has 4 nitrogen and oxygen atoms in total. The number of methoxy groups -OCH3 is 1. The molecule has 126 valence electrons. The summed E-state index contributed by atoms with van der Waals surface area (Å²) in [5.74, 6) is 0.0815. The van der Waals surface area contributed by atoms with Gasteiger partial charge in [-0.2, -0.15) is 0 Å². The minimum atomic E-state index is -1.35. The molecule has 1 aromatic rings. The van der Waals surface area contributed by atoms with E-state index >= 15 is 0 Å². The molecule has 6 atom stereocenters. The maximum atomic E-state index is 12.8. The van der Waals surface area contributed by atoms with Crippen LogP contribution in [0, 0.1) is 23.7 Å². The predicted molar refractivity (Wildman–Crippen MR) is 90.5 cm³/mol. The van der Waals surface area contributed by atoms with E-state index in [4.69, 9.17) is 4.74 Å². The first kappa shape index (κ1) is 15.8. The van der Waals surface area contributed by atoms with Crippen molar-refractivity contribution in [2.24, 2.45) is 23.7 Å². The van der Waals surface area contributed by atoms with Gasteiger partial charge in [-0.3, -0.25) is 9.00 Å². The van der Waals surface area contributed by atoms with Crippen molar-refractivity contribution in [2.75, 3.05) is 12.9 Å². The minimum Gasteiger partial charge on any atom is -0.493 e. The number of allylic oxidation sites excluding steroid dienone is 3. The quantitative estimate of drug-likeness (QED) is 0.850. The third-order valence-corrected chi connectivity index (χ3v) is 7.07. The van der Waals surface area contributed by atoms with Crippen molar-refractivity contribution in [2.45, 2.75) is 16.9 Å². The van der Waals surface area contributed by atoms with Crippen molar-refractivity contribution in [3.8, 4) is 0 Å². The Morgan fingerprint density at radius 1 is 1.25 bits per heavy atom. The Morgan fingerprint density at radius 2 is 1.96 bits per heavy atom. The summed E-state index contributed by atoms with van der Waals surface area (Å²) >= 11 is 0. The van der Waals surface area contributed by atoms with Gasteiger partial charge in [-0.1, -0.05) is 30.4 Å². The van der Waals surface area contributed by atoms with Gasteiger partial charge in [0, 0.05) is 16.7 Å². The van der Waals surface area contributed by atoms with Crippen molar-refractivity contribution in [3.05, 3.63) is 54.3 Å². The molecule has 0 saturated heterocycles. The number of aliphatic hydroxyl groups is 1. The van der Waals surface area contributed by atoms with Crippen LogP contribution in [0.3, 0.4) is 0 Å². The highest BCUT2D eigenvalue weighted by molar-refractivity contribution is 7.85. The molecule has 0 heterocycles. The zero-order chi connectivity index (χ0) is 16.9. The van der Waals surface area contributed by atoms with E-state index in [1.165, 1.54) is 13.2 Å². The number of ether oxygens (including phenoxy) is 1. The van der Waals surface area contributed by atoms with E-state index in [9.17, 15) is 14.1 Å². The molecule has 2 bridgehead atoms. The summed E-state index contributed by atoms with van der Waals surface area (Å²) in [7, 11) is 0.101. The second-order valence-corrected chi connectivity index (χ2v) is 8.32. The summed E-state index contributed by atoms with van der Waals surface area (Å²) in [6, 6.07) is 9.13. The number of fused-ring (bicyclic) bond motifs is 5. The zero-order valence-corrected chi connectivity index (χ0v) is 14.2. The number of hydrogen-bond donors (Lipinski definition) is 1. The van der Waals surface area contributed by atoms with Gasteiger partial charge in [-0.25, -0.2) is 0 Å².